The Balaban J connectivity index is 1.85. The van der Waals surface area contributed by atoms with Crippen molar-refractivity contribution in [2.45, 2.75) is 51.3 Å². The molecular formula is C11H21NO3S. The lowest BCUT2D eigenvalue weighted by Gasteiger charge is -2.51. The van der Waals surface area contributed by atoms with Crippen LogP contribution in [0.3, 0.4) is 0 Å². The maximum absolute atomic E-state index is 11.3. The second-order valence-corrected chi connectivity index (χ2v) is 8.02. The summed E-state index contributed by atoms with van der Waals surface area (Å²) >= 11 is 0. The standard InChI is InChI=1S/C11H21NO3S/c1-11(2)9(7-10(11)13)12-8-3-5-16(14,15)6-4-8/h8-10,12-13H,3-7H2,1-2H3. The number of nitrogens with one attached hydrogen (secondary N) is 1. The molecule has 1 aliphatic carbocycles. The highest BCUT2D eigenvalue weighted by Crippen LogP contribution is 2.41. The maximum Gasteiger partial charge on any atom is 0.150 e. The molecule has 4 nitrogen and oxygen atoms in total. The van der Waals surface area contributed by atoms with Gasteiger partial charge in [-0.25, -0.2) is 8.42 Å². The average Bonchev–Trinajstić information content (AvgIpc) is 2.20. The largest absolute Gasteiger partial charge is 0.392 e. The molecule has 0 spiro atoms. The first-order valence-electron chi connectivity index (χ1n) is 5.96. The SMILES string of the molecule is CC1(C)C(O)CC1NC1CCS(=O)(=O)CC1. The van der Waals surface area contributed by atoms with Gasteiger partial charge in [-0.2, -0.15) is 0 Å². The first-order valence-corrected chi connectivity index (χ1v) is 7.78. The van der Waals surface area contributed by atoms with Crippen LogP contribution in [0.25, 0.3) is 0 Å². The van der Waals surface area contributed by atoms with E-state index in [0.717, 1.165) is 6.42 Å². The van der Waals surface area contributed by atoms with Gasteiger partial charge in [-0.3, -0.25) is 0 Å². The lowest BCUT2D eigenvalue weighted by molar-refractivity contribution is -0.0761. The van der Waals surface area contributed by atoms with Gasteiger partial charge in [-0.05, 0) is 19.3 Å². The van der Waals surface area contributed by atoms with Crippen molar-refractivity contribution in [1.82, 2.24) is 5.32 Å². The van der Waals surface area contributed by atoms with Crippen molar-refractivity contribution < 1.29 is 13.5 Å². The fraction of sp³-hybridized carbons (Fsp3) is 1.00. The summed E-state index contributed by atoms with van der Waals surface area (Å²) in [6, 6.07) is 0.633. The summed E-state index contributed by atoms with van der Waals surface area (Å²) in [6.07, 6.45) is 1.99. The van der Waals surface area contributed by atoms with Crippen molar-refractivity contribution in [2.75, 3.05) is 11.5 Å². The number of aliphatic hydroxyl groups excluding tert-OH is 1. The Kier molecular flexibility index (Phi) is 3.05. The van der Waals surface area contributed by atoms with E-state index in [1.165, 1.54) is 0 Å². The third kappa shape index (κ3) is 2.26. The molecule has 0 radical (unpaired) electrons. The smallest absolute Gasteiger partial charge is 0.150 e. The Morgan fingerprint density at radius 1 is 1.25 bits per heavy atom. The van der Waals surface area contributed by atoms with Gasteiger partial charge < -0.3 is 10.4 Å². The molecule has 0 bridgehead atoms. The van der Waals surface area contributed by atoms with Crippen LogP contribution in [-0.4, -0.2) is 43.2 Å². The predicted molar refractivity (Wildman–Crippen MR) is 63.0 cm³/mol. The Labute approximate surface area is 97.3 Å². The highest BCUT2D eigenvalue weighted by atomic mass is 32.2. The molecule has 1 aliphatic heterocycles. The number of hydrogen-bond acceptors (Lipinski definition) is 4. The molecule has 1 saturated heterocycles. The van der Waals surface area contributed by atoms with Gasteiger partial charge in [0.15, 0.2) is 0 Å². The van der Waals surface area contributed by atoms with E-state index in [-0.39, 0.29) is 11.5 Å². The minimum Gasteiger partial charge on any atom is -0.392 e. The summed E-state index contributed by atoms with van der Waals surface area (Å²) in [6.45, 7) is 4.11. The van der Waals surface area contributed by atoms with Crippen molar-refractivity contribution in [2.24, 2.45) is 5.41 Å². The molecule has 2 rings (SSSR count). The second kappa shape index (κ2) is 3.96. The fourth-order valence-electron chi connectivity index (χ4n) is 2.53. The van der Waals surface area contributed by atoms with Crippen LogP contribution in [0.1, 0.15) is 33.1 Å². The van der Waals surface area contributed by atoms with Crippen LogP contribution in [0.5, 0.6) is 0 Å². The lowest BCUT2D eigenvalue weighted by Crippen LogP contribution is -2.62. The summed E-state index contributed by atoms with van der Waals surface area (Å²) in [4.78, 5) is 0. The molecule has 2 fully saturated rings. The third-order valence-electron chi connectivity index (χ3n) is 4.21. The fourth-order valence-corrected chi connectivity index (χ4v) is 4.02. The number of hydrogen-bond donors (Lipinski definition) is 2. The van der Waals surface area contributed by atoms with Crippen LogP contribution in [0, 0.1) is 5.41 Å². The molecule has 0 aromatic carbocycles. The molecule has 2 aliphatic rings. The molecule has 1 saturated carbocycles. The van der Waals surface area contributed by atoms with Gasteiger partial charge in [0.25, 0.3) is 0 Å². The van der Waals surface area contributed by atoms with E-state index in [0.29, 0.717) is 36.4 Å². The molecule has 16 heavy (non-hydrogen) atoms. The van der Waals surface area contributed by atoms with Crippen LogP contribution in [0.2, 0.25) is 0 Å². The summed E-state index contributed by atoms with van der Waals surface area (Å²) in [7, 11) is -2.77. The molecule has 2 N–H and O–H groups in total. The highest BCUT2D eigenvalue weighted by Gasteiger charge is 2.47. The van der Waals surface area contributed by atoms with Gasteiger partial charge in [-0.15, -0.1) is 0 Å². The van der Waals surface area contributed by atoms with Crippen LogP contribution >= 0.6 is 0 Å². The second-order valence-electron chi connectivity index (χ2n) is 5.72. The molecule has 94 valence electrons. The number of sulfone groups is 1. The summed E-state index contributed by atoms with van der Waals surface area (Å²) in [5, 5.41) is 13.1. The molecular weight excluding hydrogens is 226 g/mol. The number of rotatable bonds is 2. The zero-order valence-corrected chi connectivity index (χ0v) is 10.8. The van der Waals surface area contributed by atoms with Crippen LogP contribution < -0.4 is 5.32 Å². The van der Waals surface area contributed by atoms with Gasteiger partial charge in [0.1, 0.15) is 9.84 Å². The first-order chi connectivity index (χ1) is 7.31. The van der Waals surface area contributed by atoms with E-state index in [9.17, 15) is 13.5 Å². The van der Waals surface area contributed by atoms with Crippen LogP contribution in [0.4, 0.5) is 0 Å². The molecule has 2 atom stereocenters. The lowest BCUT2D eigenvalue weighted by atomic mass is 9.64. The van der Waals surface area contributed by atoms with Gasteiger partial charge >= 0.3 is 0 Å². The highest BCUT2D eigenvalue weighted by molar-refractivity contribution is 7.91. The van der Waals surface area contributed by atoms with Gasteiger partial charge in [-0.1, -0.05) is 13.8 Å². The third-order valence-corrected chi connectivity index (χ3v) is 5.92. The van der Waals surface area contributed by atoms with Crippen LogP contribution in [0.15, 0.2) is 0 Å². The van der Waals surface area contributed by atoms with Crippen molar-refractivity contribution in [3.05, 3.63) is 0 Å². The molecule has 0 aromatic rings. The molecule has 0 amide bonds. The normalized spacial score (nSPS) is 37.9. The molecule has 1 heterocycles. The Morgan fingerprint density at radius 2 is 1.81 bits per heavy atom. The van der Waals surface area contributed by atoms with E-state index >= 15 is 0 Å². The van der Waals surface area contributed by atoms with E-state index in [4.69, 9.17) is 0 Å². The summed E-state index contributed by atoms with van der Waals surface area (Å²) in [5.41, 5.74) is -0.0731. The maximum atomic E-state index is 11.3. The van der Waals surface area contributed by atoms with E-state index < -0.39 is 9.84 Å². The average molecular weight is 247 g/mol. The van der Waals surface area contributed by atoms with E-state index in [1.54, 1.807) is 0 Å². The Hall–Kier alpha value is -0.130. The Bertz CT molecular complexity index is 349. The predicted octanol–water partition coefficient (Wildman–Crippen LogP) is 0.313. The molecule has 0 aromatic heterocycles. The molecule has 5 heteroatoms. The van der Waals surface area contributed by atoms with Gasteiger partial charge in [0.2, 0.25) is 0 Å². The monoisotopic (exact) mass is 247 g/mol. The first kappa shape index (κ1) is 12.3. The Morgan fingerprint density at radius 3 is 2.25 bits per heavy atom. The van der Waals surface area contributed by atoms with Crippen LogP contribution in [-0.2, 0) is 9.84 Å². The summed E-state index contributed by atoms with van der Waals surface area (Å²) in [5.74, 6) is 0.612. The van der Waals surface area contributed by atoms with Gasteiger partial charge in [0, 0.05) is 17.5 Å². The van der Waals surface area contributed by atoms with Crippen molar-refractivity contribution in [3.8, 4) is 0 Å². The van der Waals surface area contributed by atoms with Gasteiger partial charge in [0.05, 0.1) is 17.6 Å². The zero-order chi connectivity index (χ0) is 12.0. The van der Waals surface area contributed by atoms with E-state index in [2.05, 4.69) is 19.2 Å². The van der Waals surface area contributed by atoms with Crippen molar-refractivity contribution >= 4 is 9.84 Å². The number of aliphatic hydroxyl groups is 1. The van der Waals surface area contributed by atoms with Crippen molar-refractivity contribution in [1.29, 1.82) is 0 Å². The quantitative estimate of drug-likeness (QED) is 0.737. The topological polar surface area (TPSA) is 66.4 Å². The van der Waals surface area contributed by atoms with E-state index in [1.807, 2.05) is 0 Å². The minimum atomic E-state index is -2.77. The molecule has 2 unspecified atom stereocenters. The zero-order valence-electron chi connectivity index (χ0n) is 9.94. The minimum absolute atomic E-state index is 0.0731. The summed E-state index contributed by atoms with van der Waals surface area (Å²) < 4.78 is 22.6. The van der Waals surface area contributed by atoms with Crippen molar-refractivity contribution in [3.63, 3.8) is 0 Å².